The van der Waals surface area contributed by atoms with Crippen molar-refractivity contribution in [2.24, 2.45) is 0 Å². The van der Waals surface area contributed by atoms with Gasteiger partial charge in [-0.05, 0) is 17.7 Å². The third-order valence-electron chi connectivity index (χ3n) is 2.18. The number of hydrogen-bond donors (Lipinski definition) is 1. The van der Waals surface area contributed by atoms with Gasteiger partial charge in [0.05, 0.1) is 20.6 Å². The number of hydrogen-bond acceptors (Lipinski definition) is 5. The molecule has 1 aromatic carbocycles. The Morgan fingerprint density at radius 1 is 1.17 bits per heavy atom. The fraction of sp³-hybridized carbons (Fsp3) is 0.417. The third-order valence-corrected chi connectivity index (χ3v) is 2.18. The van der Waals surface area contributed by atoms with Crippen molar-refractivity contribution in [3.8, 4) is 11.5 Å². The summed E-state index contributed by atoms with van der Waals surface area (Å²) in [5.74, 6) is 0.942. The summed E-state index contributed by atoms with van der Waals surface area (Å²) in [6.45, 7) is 0.0116. The molecule has 0 aromatic heterocycles. The number of nitrogens with one attached hydrogen (secondary N) is 1. The molecule has 0 aliphatic carbocycles. The van der Waals surface area contributed by atoms with Gasteiger partial charge < -0.3 is 14.2 Å². The summed E-state index contributed by atoms with van der Waals surface area (Å²) in [5.41, 5.74) is 3.06. The van der Waals surface area contributed by atoms with Crippen LogP contribution in [0.3, 0.4) is 0 Å². The first-order valence-electron chi connectivity index (χ1n) is 5.31. The number of rotatable bonds is 7. The van der Waals surface area contributed by atoms with E-state index in [-0.39, 0.29) is 19.1 Å². The van der Waals surface area contributed by atoms with Crippen LogP contribution in [0.25, 0.3) is 0 Å². The lowest BCUT2D eigenvalue weighted by Crippen LogP contribution is -2.26. The molecule has 0 radical (unpaired) electrons. The molecule has 0 aliphatic rings. The van der Waals surface area contributed by atoms with Gasteiger partial charge in [-0.1, -0.05) is 6.07 Å². The third kappa shape index (κ3) is 4.23. The maximum Gasteiger partial charge on any atom is 0.248 e. The topological polar surface area (TPSA) is 66.0 Å². The zero-order chi connectivity index (χ0) is 13.4. The summed E-state index contributed by atoms with van der Waals surface area (Å²) in [6.07, 6.45) is 0.185. The normalized spacial score (nSPS) is 9.94. The smallest absolute Gasteiger partial charge is 0.248 e. The van der Waals surface area contributed by atoms with Crippen molar-refractivity contribution in [3.05, 3.63) is 23.8 Å². The lowest BCUT2D eigenvalue weighted by Gasteiger charge is -2.09. The molecule has 0 saturated carbocycles. The van der Waals surface area contributed by atoms with Gasteiger partial charge in [-0.25, -0.2) is 10.3 Å². The van der Waals surface area contributed by atoms with Crippen LogP contribution >= 0.6 is 0 Å². The minimum Gasteiger partial charge on any atom is -0.493 e. The summed E-state index contributed by atoms with van der Waals surface area (Å²) in [4.78, 5) is 16.2. The van der Waals surface area contributed by atoms with Crippen molar-refractivity contribution in [2.45, 2.75) is 6.42 Å². The number of benzene rings is 1. The fourth-order valence-electron chi connectivity index (χ4n) is 1.38. The standard InChI is InChI=1S/C12H17NO5/c1-15-8-18-13-12(14)7-9-4-5-10(16-2)11(6-9)17-3/h4-6H,7-8H2,1-3H3,(H,13,14). The SMILES string of the molecule is COCONC(=O)Cc1ccc(OC)c(OC)c1. The van der Waals surface area contributed by atoms with E-state index in [1.54, 1.807) is 32.4 Å². The highest BCUT2D eigenvalue weighted by atomic mass is 16.8. The maximum atomic E-state index is 11.5. The van der Waals surface area contributed by atoms with E-state index >= 15 is 0 Å². The maximum absolute atomic E-state index is 11.5. The van der Waals surface area contributed by atoms with E-state index < -0.39 is 0 Å². The molecule has 1 rings (SSSR count). The number of carbonyl (C=O) groups excluding carboxylic acids is 1. The number of amides is 1. The van der Waals surface area contributed by atoms with E-state index in [4.69, 9.17) is 14.3 Å². The van der Waals surface area contributed by atoms with Gasteiger partial charge in [0, 0.05) is 7.11 Å². The molecule has 0 atom stereocenters. The van der Waals surface area contributed by atoms with Gasteiger partial charge in [0.2, 0.25) is 5.91 Å². The van der Waals surface area contributed by atoms with Gasteiger partial charge in [-0.2, -0.15) is 0 Å². The van der Waals surface area contributed by atoms with Crippen molar-refractivity contribution in [2.75, 3.05) is 28.1 Å². The average molecular weight is 255 g/mol. The average Bonchev–Trinajstić information content (AvgIpc) is 2.39. The molecule has 1 aromatic rings. The second-order valence-corrected chi connectivity index (χ2v) is 3.44. The first-order valence-corrected chi connectivity index (χ1v) is 5.31. The summed E-state index contributed by atoms with van der Waals surface area (Å²) >= 11 is 0. The quantitative estimate of drug-likeness (QED) is 0.445. The van der Waals surface area contributed by atoms with E-state index in [2.05, 4.69) is 10.2 Å². The number of hydroxylamine groups is 1. The van der Waals surface area contributed by atoms with Crippen molar-refractivity contribution in [1.29, 1.82) is 0 Å². The monoisotopic (exact) mass is 255 g/mol. The number of carbonyl (C=O) groups is 1. The lowest BCUT2D eigenvalue weighted by molar-refractivity contribution is -0.143. The van der Waals surface area contributed by atoms with Crippen LogP contribution in [0.5, 0.6) is 11.5 Å². The minimum atomic E-state index is -0.265. The molecule has 0 fully saturated rings. The Kier molecular flexibility index (Phi) is 5.96. The Labute approximate surface area is 106 Å². The first kappa shape index (κ1) is 14.3. The highest BCUT2D eigenvalue weighted by Crippen LogP contribution is 2.27. The predicted octanol–water partition coefficient (Wildman–Crippen LogP) is 0.898. The molecule has 0 spiro atoms. The van der Waals surface area contributed by atoms with E-state index in [9.17, 15) is 4.79 Å². The highest BCUT2D eigenvalue weighted by molar-refractivity contribution is 5.77. The van der Waals surface area contributed by atoms with Gasteiger partial charge in [-0.15, -0.1) is 0 Å². The predicted molar refractivity (Wildman–Crippen MR) is 64.4 cm³/mol. The zero-order valence-corrected chi connectivity index (χ0v) is 10.7. The van der Waals surface area contributed by atoms with Gasteiger partial charge >= 0.3 is 0 Å². The van der Waals surface area contributed by atoms with E-state index in [1.807, 2.05) is 0 Å². The van der Waals surface area contributed by atoms with Crippen LogP contribution in [0.4, 0.5) is 0 Å². The van der Waals surface area contributed by atoms with Gasteiger partial charge in [0.1, 0.15) is 0 Å². The molecule has 1 N–H and O–H groups in total. The first-order chi connectivity index (χ1) is 8.71. The molecular formula is C12H17NO5. The van der Waals surface area contributed by atoms with Gasteiger partial charge in [-0.3, -0.25) is 4.79 Å². The van der Waals surface area contributed by atoms with E-state index in [1.165, 1.54) is 7.11 Å². The Balaban J connectivity index is 2.59. The molecule has 0 heterocycles. The van der Waals surface area contributed by atoms with Crippen molar-refractivity contribution >= 4 is 5.91 Å². The molecule has 1 amide bonds. The van der Waals surface area contributed by atoms with E-state index in [0.29, 0.717) is 11.5 Å². The molecule has 0 aliphatic heterocycles. The second-order valence-electron chi connectivity index (χ2n) is 3.44. The van der Waals surface area contributed by atoms with Crippen LogP contribution in [-0.2, 0) is 20.8 Å². The van der Waals surface area contributed by atoms with Crippen LogP contribution < -0.4 is 15.0 Å². The fourth-order valence-corrected chi connectivity index (χ4v) is 1.38. The van der Waals surface area contributed by atoms with Crippen LogP contribution in [-0.4, -0.2) is 34.0 Å². The molecular weight excluding hydrogens is 238 g/mol. The Morgan fingerprint density at radius 2 is 1.89 bits per heavy atom. The van der Waals surface area contributed by atoms with Crippen LogP contribution in [0.2, 0.25) is 0 Å². The van der Waals surface area contributed by atoms with Crippen LogP contribution in [0.1, 0.15) is 5.56 Å². The van der Waals surface area contributed by atoms with Crippen LogP contribution in [0.15, 0.2) is 18.2 Å². The minimum absolute atomic E-state index is 0.0116. The zero-order valence-electron chi connectivity index (χ0n) is 10.7. The van der Waals surface area contributed by atoms with E-state index in [0.717, 1.165) is 5.56 Å². The molecule has 6 nitrogen and oxygen atoms in total. The molecule has 0 unspecified atom stereocenters. The lowest BCUT2D eigenvalue weighted by atomic mass is 10.1. The summed E-state index contributed by atoms with van der Waals surface area (Å²) < 4.78 is 14.9. The number of methoxy groups -OCH3 is 3. The number of ether oxygens (including phenoxy) is 3. The van der Waals surface area contributed by atoms with Crippen molar-refractivity contribution in [1.82, 2.24) is 5.48 Å². The highest BCUT2D eigenvalue weighted by Gasteiger charge is 2.08. The second kappa shape index (κ2) is 7.52. The summed E-state index contributed by atoms with van der Waals surface area (Å²) in [7, 11) is 4.58. The molecule has 6 heteroatoms. The van der Waals surface area contributed by atoms with Crippen molar-refractivity contribution in [3.63, 3.8) is 0 Å². The molecule has 0 bridgehead atoms. The Hall–Kier alpha value is -1.79. The molecule has 18 heavy (non-hydrogen) atoms. The van der Waals surface area contributed by atoms with Gasteiger partial charge in [0.25, 0.3) is 0 Å². The Morgan fingerprint density at radius 3 is 2.50 bits per heavy atom. The van der Waals surface area contributed by atoms with Gasteiger partial charge in [0.15, 0.2) is 18.3 Å². The molecule has 100 valence electrons. The van der Waals surface area contributed by atoms with Crippen molar-refractivity contribution < 1.29 is 23.8 Å². The molecule has 0 saturated heterocycles. The summed E-state index contributed by atoms with van der Waals surface area (Å²) in [6, 6.07) is 5.28. The summed E-state index contributed by atoms with van der Waals surface area (Å²) in [5, 5.41) is 0. The van der Waals surface area contributed by atoms with Crippen LogP contribution in [0, 0.1) is 0 Å². The Bertz CT molecular complexity index is 394. The largest absolute Gasteiger partial charge is 0.493 e.